The molecule has 6 nitrogen and oxygen atoms in total. The fraction of sp³-hybridized carbons (Fsp3) is 0.962. The number of hydrogen-bond donors (Lipinski definition) is 2. The van der Waals surface area contributed by atoms with Crippen molar-refractivity contribution >= 4 is 16.0 Å². The molecule has 0 radical (unpaired) electrons. The van der Waals surface area contributed by atoms with Crippen LogP contribution in [-0.2, 0) is 14.9 Å². The number of rotatable bonds is 23. The summed E-state index contributed by atoms with van der Waals surface area (Å²) in [5.74, 6) is 0.275. The highest BCUT2D eigenvalue weighted by molar-refractivity contribution is 7.86. The Hall–Kier alpha value is -0.660. The Morgan fingerprint density at radius 3 is 1.67 bits per heavy atom. The van der Waals surface area contributed by atoms with E-state index in [-0.39, 0.29) is 5.91 Å². The zero-order valence-electron chi connectivity index (χ0n) is 21.8. The van der Waals surface area contributed by atoms with Gasteiger partial charge in [0.25, 0.3) is 10.1 Å². The van der Waals surface area contributed by atoms with Crippen LogP contribution in [0, 0.1) is 0 Å². The third-order valence-corrected chi connectivity index (χ3v) is 7.78. The monoisotopic (exact) mass is 491 g/mol. The molecule has 0 bridgehead atoms. The second kappa shape index (κ2) is 20.7. The minimum absolute atomic E-state index is 0.275. The van der Waals surface area contributed by atoms with Gasteiger partial charge in [0.05, 0.1) is 6.10 Å². The van der Waals surface area contributed by atoms with Crippen molar-refractivity contribution in [2.75, 3.05) is 13.1 Å². The van der Waals surface area contributed by atoms with E-state index in [1.54, 1.807) is 0 Å². The molecule has 198 valence electrons. The van der Waals surface area contributed by atoms with Gasteiger partial charge >= 0.3 is 0 Å². The Morgan fingerprint density at radius 2 is 1.15 bits per heavy atom. The number of unbranched alkanes of at least 4 members (excludes halogenated alkanes) is 11. The molecule has 0 aromatic heterocycles. The van der Waals surface area contributed by atoms with Crippen molar-refractivity contribution < 1.29 is 22.9 Å². The van der Waals surface area contributed by atoms with Gasteiger partial charge in [0.2, 0.25) is 5.91 Å². The number of aliphatic hydroxyl groups is 1. The molecule has 33 heavy (non-hydrogen) atoms. The lowest BCUT2D eigenvalue weighted by Gasteiger charge is -2.22. The van der Waals surface area contributed by atoms with Crippen molar-refractivity contribution in [1.82, 2.24) is 4.90 Å². The first-order valence-corrected chi connectivity index (χ1v) is 15.2. The van der Waals surface area contributed by atoms with Gasteiger partial charge in [-0.15, -0.1) is 0 Å². The van der Waals surface area contributed by atoms with Crippen LogP contribution in [0.2, 0.25) is 0 Å². The van der Waals surface area contributed by atoms with Crippen LogP contribution in [-0.4, -0.2) is 53.3 Å². The molecule has 2 atom stereocenters. The number of nitrogens with zero attached hydrogens (tertiary/aromatic N) is 1. The third kappa shape index (κ3) is 17.4. The van der Waals surface area contributed by atoms with E-state index in [4.69, 9.17) is 0 Å². The highest BCUT2D eigenvalue weighted by atomic mass is 32.2. The van der Waals surface area contributed by atoms with Crippen molar-refractivity contribution in [3.05, 3.63) is 0 Å². The second-order valence-electron chi connectivity index (χ2n) is 9.57. The summed E-state index contributed by atoms with van der Waals surface area (Å²) in [5.41, 5.74) is 0. The zero-order valence-corrected chi connectivity index (χ0v) is 22.6. The maximum atomic E-state index is 12.5. The largest absolute Gasteiger partial charge is 0.392 e. The number of aliphatic hydroxyl groups excluding tert-OH is 1. The van der Waals surface area contributed by atoms with E-state index in [9.17, 15) is 22.9 Å². The molecule has 0 fully saturated rings. The lowest BCUT2D eigenvalue weighted by atomic mass is 10.0. The van der Waals surface area contributed by atoms with Crippen molar-refractivity contribution in [2.45, 2.75) is 148 Å². The summed E-state index contributed by atoms with van der Waals surface area (Å²) >= 11 is 0. The minimum atomic E-state index is -4.24. The highest BCUT2D eigenvalue weighted by Crippen LogP contribution is 2.20. The molecular formula is C26H53NO5S. The topological polar surface area (TPSA) is 94.9 Å². The normalized spacial score (nSPS) is 13.7. The lowest BCUT2D eigenvalue weighted by molar-refractivity contribution is -0.131. The summed E-state index contributed by atoms with van der Waals surface area (Å²) in [6, 6.07) is 0. The van der Waals surface area contributed by atoms with Crippen molar-refractivity contribution in [3.8, 4) is 0 Å². The van der Waals surface area contributed by atoms with Crippen LogP contribution in [0.5, 0.6) is 0 Å². The fourth-order valence-electron chi connectivity index (χ4n) is 4.23. The molecule has 7 heteroatoms. The van der Waals surface area contributed by atoms with Crippen LogP contribution in [0.3, 0.4) is 0 Å². The maximum absolute atomic E-state index is 12.5. The molecule has 0 aromatic carbocycles. The average Bonchev–Trinajstić information content (AvgIpc) is 2.76. The molecule has 2 unspecified atom stereocenters. The van der Waals surface area contributed by atoms with Gasteiger partial charge in [-0.25, -0.2) is 0 Å². The first-order valence-electron chi connectivity index (χ1n) is 13.7. The summed E-state index contributed by atoms with van der Waals surface area (Å²) in [4.78, 5) is 14.5. The minimum Gasteiger partial charge on any atom is -0.392 e. The summed E-state index contributed by atoms with van der Waals surface area (Å²) in [6.45, 7) is 8.18. The van der Waals surface area contributed by atoms with Crippen molar-refractivity contribution in [2.24, 2.45) is 0 Å². The van der Waals surface area contributed by atoms with Crippen LogP contribution in [0.4, 0.5) is 0 Å². The van der Waals surface area contributed by atoms with Crippen LogP contribution < -0.4 is 0 Å². The Balaban J connectivity index is 4.08. The molecule has 0 saturated heterocycles. The van der Waals surface area contributed by atoms with Gasteiger partial charge in [-0.3, -0.25) is 9.35 Å². The van der Waals surface area contributed by atoms with E-state index < -0.39 is 21.5 Å². The van der Waals surface area contributed by atoms with E-state index in [0.717, 1.165) is 103 Å². The Kier molecular flexibility index (Phi) is 20.3. The fourth-order valence-corrected chi connectivity index (χ4v) is 5.23. The Labute approximate surface area is 204 Å². The molecule has 0 rings (SSSR count). The first kappa shape index (κ1) is 32.3. The van der Waals surface area contributed by atoms with E-state index in [1.165, 1.54) is 0 Å². The smallest absolute Gasteiger partial charge is 0.270 e. The van der Waals surface area contributed by atoms with Crippen molar-refractivity contribution in [1.29, 1.82) is 0 Å². The molecule has 0 saturated carbocycles. The number of carbonyl (C=O) groups excluding carboxylic acids is 1. The third-order valence-electron chi connectivity index (χ3n) is 6.46. The predicted octanol–water partition coefficient (Wildman–Crippen LogP) is 6.51. The molecular weight excluding hydrogens is 438 g/mol. The van der Waals surface area contributed by atoms with Crippen LogP contribution >= 0.6 is 0 Å². The Bertz CT molecular complexity index is 559. The van der Waals surface area contributed by atoms with Gasteiger partial charge in [-0.2, -0.15) is 8.42 Å². The summed E-state index contributed by atoms with van der Waals surface area (Å²) in [6.07, 6.45) is 15.3. The summed E-state index contributed by atoms with van der Waals surface area (Å²) in [5, 5.41) is 9.23. The molecule has 0 heterocycles. The summed E-state index contributed by atoms with van der Waals surface area (Å²) < 4.78 is 33.0. The quantitative estimate of drug-likeness (QED) is 0.125. The first-order chi connectivity index (χ1) is 15.8. The van der Waals surface area contributed by atoms with Gasteiger partial charge in [0.1, 0.15) is 5.25 Å². The molecule has 0 aliphatic carbocycles. The van der Waals surface area contributed by atoms with Gasteiger partial charge in [0, 0.05) is 19.5 Å². The van der Waals surface area contributed by atoms with E-state index in [2.05, 4.69) is 20.8 Å². The van der Waals surface area contributed by atoms with E-state index in [1.807, 2.05) is 4.90 Å². The van der Waals surface area contributed by atoms with Gasteiger partial charge in [-0.1, -0.05) is 97.8 Å². The molecule has 0 aliphatic rings. The molecule has 1 amide bonds. The Morgan fingerprint density at radius 1 is 0.697 bits per heavy atom. The van der Waals surface area contributed by atoms with E-state index in [0.29, 0.717) is 25.7 Å². The standard InChI is InChI=1S/C26H53NO5S/c1-4-7-10-13-16-19-24(28)25(33(30,31)32)20-17-14-11-12-15-18-21-26(29)27(22-8-5-2)23-9-6-3/h24-25,28H,4-23H2,1-3H3,(H,30,31,32). The molecule has 0 spiro atoms. The number of amides is 1. The number of carbonyl (C=O) groups is 1. The molecule has 0 aromatic rings. The van der Waals surface area contributed by atoms with Crippen LogP contribution in [0.25, 0.3) is 0 Å². The van der Waals surface area contributed by atoms with Gasteiger partial charge in [0.15, 0.2) is 0 Å². The second-order valence-corrected chi connectivity index (χ2v) is 11.2. The van der Waals surface area contributed by atoms with E-state index >= 15 is 0 Å². The molecule has 0 aliphatic heterocycles. The molecule has 2 N–H and O–H groups in total. The highest BCUT2D eigenvalue weighted by Gasteiger charge is 2.29. The lowest BCUT2D eigenvalue weighted by Crippen LogP contribution is -2.33. The van der Waals surface area contributed by atoms with Gasteiger partial charge in [-0.05, 0) is 32.1 Å². The maximum Gasteiger partial charge on any atom is 0.270 e. The van der Waals surface area contributed by atoms with Crippen molar-refractivity contribution in [3.63, 3.8) is 0 Å². The number of hydrogen-bond acceptors (Lipinski definition) is 4. The van der Waals surface area contributed by atoms with Gasteiger partial charge < -0.3 is 10.0 Å². The average molecular weight is 492 g/mol. The summed E-state index contributed by atoms with van der Waals surface area (Å²) in [7, 11) is -4.24. The predicted molar refractivity (Wildman–Crippen MR) is 138 cm³/mol. The zero-order chi connectivity index (χ0) is 25.0. The SMILES string of the molecule is CCCCCCCC(O)C(CCCCCCCCC(=O)N(CCCC)CCCC)S(=O)(=O)O. The van der Waals surface area contributed by atoms with Crippen LogP contribution in [0.1, 0.15) is 136 Å². The van der Waals surface area contributed by atoms with Crippen LogP contribution in [0.15, 0.2) is 0 Å².